The number of rotatable bonds is 4. The van der Waals surface area contributed by atoms with Crippen LogP contribution in [0, 0.1) is 5.92 Å². The second kappa shape index (κ2) is 4.34. The SMILES string of the molecule is CC1CCN(c2nc(CNC3CC3)cs2)C1. The summed E-state index contributed by atoms with van der Waals surface area (Å²) in [7, 11) is 0. The van der Waals surface area contributed by atoms with Gasteiger partial charge in [-0.3, -0.25) is 0 Å². The van der Waals surface area contributed by atoms with E-state index in [-0.39, 0.29) is 0 Å². The van der Waals surface area contributed by atoms with Crippen LogP contribution in [0.4, 0.5) is 5.13 Å². The van der Waals surface area contributed by atoms with E-state index in [1.807, 2.05) is 0 Å². The highest BCUT2D eigenvalue weighted by Crippen LogP contribution is 2.27. The summed E-state index contributed by atoms with van der Waals surface area (Å²) in [6, 6.07) is 0.775. The Bertz CT molecular complexity index is 359. The molecule has 0 spiro atoms. The Kier molecular flexibility index (Phi) is 2.86. The molecule has 0 aromatic carbocycles. The zero-order valence-electron chi connectivity index (χ0n) is 9.78. The van der Waals surface area contributed by atoms with E-state index in [4.69, 9.17) is 4.98 Å². The van der Waals surface area contributed by atoms with Gasteiger partial charge in [0.1, 0.15) is 0 Å². The highest BCUT2D eigenvalue weighted by molar-refractivity contribution is 7.13. The van der Waals surface area contributed by atoms with Crippen LogP contribution in [0.3, 0.4) is 0 Å². The van der Waals surface area contributed by atoms with Gasteiger partial charge in [0.2, 0.25) is 0 Å². The summed E-state index contributed by atoms with van der Waals surface area (Å²) in [5.41, 5.74) is 1.21. The van der Waals surface area contributed by atoms with Gasteiger partial charge in [-0.25, -0.2) is 4.98 Å². The lowest BCUT2D eigenvalue weighted by Gasteiger charge is -2.13. The lowest BCUT2D eigenvalue weighted by Crippen LogP contribution is -2.19. The zero-order chi connectivity index (χ0) is 11.0. The van der Waals surface area contributed by atoms with Crippen molar-refractivity contribution >= 4 is 16.5 Å². The Balaban J connectivity index is 1.58. The topological polar surface area (TPSA) is 28.2 Å². The Morgan fingerprint density at radius 1 is 1.50 bits per heavy atom. The van der Waals surface area contributed by atoms with E-state index in [0.717, 1.165) is 18.5 Å². The summed E-state index contributed by atoms with van der Waals surface area (Å²) in [6.07, 6.45) is 4.01. The van der Waals surface area contributed by atoms with Gasteiger partial charge >= 0.3 is 0 Å². The van der Waals surface area contributed by atoms with E-state index in [1.54, 1.807) is 11.3 Å². The Morgan fingerprint density at radius 3 is 3.06 bits per heavy atom. The van der Waals surface area contributed by atoms with Gasteiger partial charge in [0.25, 0.3) is 0 Å². The molecule has 0 amide bonds. The lowest BCUT2D eigenvalue weighted by molar-refractivity contribution is 0.658. The fourth-order valence-corrected chi connectivity index (χ4v) is 3.03. The second-order valence-electron chi connectivity index (χ2n) is 5.12. The second-order valence-corrected chi connectivity index (χ2v) is 5.95. The largest absolute Gasteiger partial charge is 0.348 e. The highest BCUT2D eigenvalue weighted by atomic mass is 32.1. The minimum absolute atomic E-state index is 0.775. The molecule has 4 heteroatoms. The van der Waals surface area contributed by atoms with Crippen LogP contribution in [0.15, 0.2) is 5.38 Å². The van der Waals surface area contributed by atoms with E-state index in [9.17, 15) is 0 Å². The maximum atomic E-state index is 4.71. The van der Waals surface area contributed by atoms with Crippen molar-refractivity contribution in [2.24, 2.45) is 5.92 Å². The molecule has 1 saturated heterocycles. The van der Waals surface area contributed by atoms with E-state index < -0.39 is 0 Å². The summed E-state index contributed by atoms with van der Waals surface area (Å²) < 4.78 is 0. The van der Waals surface area contributed by atoms with Gasteiger partial charge < -0.3 is 10.2 Å². The van der Waals surface area contributed by atoms with Crippen LogP contribution in [0.1, 0.15) is 31.9 Å². The van der Waals surface area contributed by atoms with Crippen LogP contribution in [0.2, 0.25) is 0 Å². The molecule has 2 heterocycles. The quantitative estimate of drug-likeness (QED) is 0.870. The molecule has 16 heavy (non-hydrogen) atoms. The number of hydrogen-bond donors (Lipinski definition) is 1. The van der Waals surface area contributed by atoms with Gasteiger partial charge in [-0.15, -0.1) is 11.3 Å². The van der Waals surface area contributed by atoms with Crippen LogP contribution in [0.5, 0.6) is 0 Å². The average Bonchev–Trinajstić information content (AvgIpc) is 2.81. The smallest absolute Gasteiger partial charge is 0.185 e. The molecule has 1 saturated carbocycles. The number of hydrogen-bond acceptors (Lipinski definition) is 4. The Hall–Kier alpha value is -0.610. The van der Waals surface area contributed by atoms with Crippen LogP contribution < -0.4 is 10.2 Å². The third-order valence-electron chi connectivity index (χ3n) is 3.38. The van der Waals surface area contributed by atoms with Crippen molar-refractivity contribution in [3.05, 3.63) is 11.1 Å². The summed E-state index contributed by atoms with van der Waals surface area (Å²) in [5, 5.41) is 6.93. The fraction of sp³-hybridized carbons (Fsp3) is 0.750. The predicted molar refractivity (Wildman–Crippen MR) is 68.0 cm³/mol. The van der Waals surface area contributed by atoms with Crippen molar-refractivity contribution in [1.82, 2.24) is 10.3 Å². The maximum absolute atomic E-state index is 4.71. The molecule has 0 radical (unpaired) electrons. The van der Waals surface area contributed by atoms with Crippen LogP contribution in [-0.4, -0.2) is 24.1 Å². The van der Waals surface area contributed by atoms with E-state index in [0.29, 0.717) is 0 Å². The standard InChI is InChI=1S/C12H19N3S/c1-9-4-5-15(7-9)12-14-11(8-16-12)6-13-10-2-3-10/h8-10,13H,2-7H2,1H3. The summed E-state index contributed by atoms with van der Waals surface area (Å²) >= 11 is 1.80. The third-order valence-corrected chi connectivity index (χ3v) is 4.33. The first kappa shape index (κ1) is 10.5. The zero-order valence-corrected chi connectivity index (χ0v) is 10.6. The maximum Gasteiger partial charge on any atom is 0.185 e. The van der Waals surface area contributed by atoms with Crippen molar-refractivity contribution in [2.45, 2.75) is 38.8 Å². The van der Waals surface area contributed by atoms with Crippen molar-refractivity contribution in [2.75, 3.05) is 18.0 Å². The van der Waals surface area contributed by atoms with Crippen molar-refractivity contribution < 1.29 is 0 Å². The molecule has 1 aromatic heterocycles. The number of aromatic nitrogens is 1. The van der Waals surface area contributed by atoms with Gasteiger partial charge in [0.15, 0.2) is 5.13 Å². The molecule has 1 aromatic rings. The molecule has 1 aliphatic heterocycles. The van der Waals surface area contributed by atoms with Gasteiger partial charge in [-0.05, 0) is 25.2 Å². The minimum Gasteiger partial charge on any atom is -0.348 e. The van der Waals surface area contributed by atoms with Gasteiger partial charge in [-0.1, -0.05) is 6.92 Å². The van der Waals surface area contributed by atoms with Crippen molar-refractivity contribution in [3.8, 4) is 0 Å². The Morgan fingerprint density at radius 2 is 2.38 bits per heavy atom. The lowest BCUT2D eigenvalue weighted by atomic mass is 10.2. The molecular formula is C12H19N3S. The van der Waals surface area contributed by atoms with Crippen LogP contribution in [-0.2, 0) is 6.54 Å². The molecule has 2 aliphatic rings. The molecule has 1 atom stereocenters. The summed E-state index contributed by atoms with van der Waals surface area (Å²) in [5.74, 6) is 0.830. The molecule has 1 aliphatic carbocycles. The molecule has 3 nitrogen and oxygen atoms in total. The first-order valence-electron chi connectivity index (χ1n) is 6.24. The van der Waals surface area contributed by atoms with Crippen LogP contribution in [0.25, 0.3) is 0 Å². The predicted octanol–water partition coefficient (Wildman–Crippen LogP) is 2.24. The normalized spacial score (nSPS) is 25.3. The van der Waals surface area contributed by atoms with Crippen molar-refractivity contribution in [1.29, 1.82) is 0 Å². The number of nitrogens with zero attached hydrogens (tertiary/aromatic N) is 2. The average molecular weight is 237 g/mol. The number of nitrogens with one attached hydrogen (secondary N) is 1. The molecule has 88 valence electrons. The summed E-state index contributed by atoms with van der Waals surface area (Å²) in [6.45, 7) is 5.64. The van der Waals surface area contributed by atoms with E-state index >= 15 is 0 Å². The minimum atomic E-state index is 0.775. The molecule has 3 rings (SSSR count). The monoisotopic (exact) mass is 237 g/mol. The van der Waals surface area contributed by atoms with E-state index in [1.165, 1.54) is 43.2 Å². The first-order valence-corrected chi connectivity index (χ1v) is 7.12. The molecule has 1 unspecified atom stereocenters. The highest BCUT2D eigenvalue weighted by Gasteiger charge is 2.22. The van der Waals surface area contributed by atoms with Gasteiger partial charge in [-0.2, -0.15) is 0 Å². The van der Waals surface area contributed by atoms with E-state index in [2.05, 4.69) is 22.5 Å². The van der Waals surface area contributed by atoms with Crippen LogP contribution >= 0.6 is 11.3 Å². The number of thiazole rings is 1. The first-order chi connectivity index (χ1) is 7.81. The fourth-order valence-electron chi connectivity index (χ4n) is 2.17. The molecule has 2 fully saturated rings. The number of anilines is 1. The summed E-state index contributed by atoms with van der Waals surface area (Å²) in [4.78, 5) is 7.13. The van der Waals surface area contributed by atoms with Gasteiger partial charge in [0, 0.05) is 31.1 Å². The molecule has 0 bridgehead atoms. The Labute approximate surface area is 101 Å². The van der Waals surface area contributed by atoms with Gasteiger partial charge in [0.05, 0.1) is 5.69 Å². The molecular weight excluding hydrogens is 218 g/mol. The van der Waals surface area contributed by atoms with Crippen molar-refractivity contribution in [3.63, 3.8) is 0 Å². The third kappa shape index (κ3) is 2.38. The molecule has 1 N–H and O–H groups in total.